The molecule has 0 spiro atoms. The van der Waals surface area contributed by atoms with E-state index >= 15 is 0 Å². The van der Waals surface area contributed by atoms with Gasteiger partial charge in [-0.2, -0.15) is 0 Å². The Labute approximate surface area is 110 Å². The van der Waals surface area contributed by atoms with Gasteiger partial charge in [-0.3, -0.25) is 0 Å². The van der Waals surface area contributed by atoms with E-state index in [0.29, 0.717) is 5.88 Å². The Bertz CT molecular complexity index is 372. The highest BCUT2D eigenvalue weighted by atomic mass is 16.5. The smallest absolute Gasteiger partial charge is 0.222 e. The molecule has 0 aliphatic carbocycles. The van der Waals surface area contributed by atoms with Crippen LogP contribution < -0.4 is 10.1 Å². The molecule has 4 nitrogen and oxygen atoms in total. The van der Waals surface area contributed by atoms with Gasteiger partial charge in [0, 0.05) is 6.54 Å². The molecule has 1 rings (SSSR count). The molecule has 0 saturated carbocycles. The second-order valence-corrected chi connectivity index (χ2v) is 5.40. The van der Waals surface area contributed by atoms with Crippen LogP contribution in [0, 0.1) is 0 Å². The monoisotopic (exact) mass is 251 g/mol. The maximum absolute atomic E-state index is 5.91. The van der Waals surface area contributed by atoms with Crippen molar-refractivity contribution in [3.8, 4) is 5.88 Å². The SMILES string of the molecule is CCCNc1ncnc(OC(C)(C)C)c1CCC. The van der Waals surface area contributed by atoms with E-state index in [1.807, 2.05) is 20.8 Å². The van der Waals surface area contributed by atoms with E-state index in [1.54, 1.807) is 6.33 Å². The van der Waals surface area contributed by atoms with E-state index in [2.05, 4.69) is 29.1 Å². The van der Waals surface area contributed by atoms with Gasteiger partial charge in [0.2, 0.25) is 5.88 Å². The van der Waals surface area contributed by atoms with Gasteiger partial charge >= 0.3 is 0 Å². The second-order valence-electron chi connectivity index (χ2n) is 5.40. The Hall–Kier alpha value is -1.32. The number of aromatic nitrogens is 2. The lowest BCUT2D eigenvalue weighted by molar-refractivity contribution is 0.122. The highest BCUT2D eigenvalue weighted by molar-refractivity contribution is 5.48. The maximum Gasteiger partial charge on any atom is 0.222 e. The summed E-state index contributed by atoms with van der Waals surface area (Å²) in [7, 11) is 0. The minimum Gasteiger partial charge on any atom is -0.472 e. The first-order chi connectivity index (χ1) is 8.48. The van der Waals surface area contributed by atoms with E-state index in [0.717, 1.165) is 37.2 Å². The molecule has 1 aromatic rings. The van der Waals surface area contributed by atoms with Gasteiger partial charge in [-0.25, -0.2) is 9.97 Å². The second kappa shape index (κ2) is 6.57. The Morgan fingerprint density at radius 2 is 1.89 bits per heavy atom. The summed E-state index contributed by atoms with van der Waals surface area (Å²) in [5.74, 6) is 1.62. The molecule has 4 heteroatoms. The normalized spacial score (nSPS) is 11.4. The number of nitrogens with zero attached hydrogens (tertiary/aromatic N) is 2. The van der Waals surface area contributed by atoms with Crippen molar-refractivity contribution < 1.29 is 4.74 Å². The van der Waals surface area contributed by atoms with Gasteiger partial charge in [0.25, 0.3) is 0 Å². The molecular weight excluding hydrogens is 226 g/mol. The predicted octanol–water partition coefficient (Wildman–Crippen LogP) is 3.43. The largest absolute Gasteiger partial charge is 0.472 e. The highest BCUT2D eigenvalue weighted by Gasteiger charge is 2.18. The minimum absolute atomic E-state index is 0.237. The average molecular weight is 251 g/mol. The molecule has 0 aliphatic heterocycles. The van der Waals surface area contributed by atoms with Crippen molar-refractivity contribution in [1.29, 1.82) is 0 Å². The third kappa shape index (κ3) is 4.51. The van der Waals surface area contributed by atoms with Gasteiger partial charge in [-0.1, -0.05) is 20.3 Å². The molecule has 0 aromatic carbocycles. The van der Waals surface area contributed by atoms with E-state index in [1.165, 1.54) is 0 Å². The van der Waals surface area contributed by atoms with Gasteiger partial charge in [0.15, 0.2) is 0 Å². The Balaban J connectivity index is 3.00. The van der Waals surface area contributed by atoms with Crippen LogP contribution in [-0.4, -0.2) is 22.1 Å². The lowest BCUT2D eigenvalue weighted by atomic mass is 10.1. The van der Waals surface area contributed by atoms with Crippen molar-refractivity contribution in [1.82, 2.24) is 9.97 Å². The molecule has 0 radical (unpaired) electrons. The fourth-order valence-electron chi connectivity index (χ4n) is 1.65. The number of anilines is 1. The lowest BCUT2D eigenvalue weighted by Gasteiger charge is -2.23. The van der Waals surface area contributed by atoms with Crippen LogP contribution in [0.5, 0.6) is 5.88 Å². The summed E-state index contributed by atoms with van der Waals surface area (Å²) in [5, 5.41) is 3.34. The fraction of sp³-hybridized carbons (Fsp3) is 0.714. The molecule has 1 N–H and O–H groups in total. The number of hydrogen-bond donors (Lipinski definition) is 1. The van der Waals surface area contributed by atoms with Crippen molar-refractivity contribution in [2.75, 3.05) is 11.9 Å². The molecule has 18 heavy (non-hydrogen) atoms. The van der Waals surface area contributed by atoms with Gasteiger partial charge in [-0.05, 0) is 33.6 Å². The van der Waals surface area contributed by atoms with Crippen LogP contribution in [0.15, 0.2) is 6.33 Å². The van der Waals surface area contributed by atoms with E-state index in [-0.39, 0.29) is 5.60 Å². The molecule has 1 heterocycles. The number of hydrogen-bond acceptors (Lipinski definition) is 4. The summed E-state index contributed by atoms with van der Waals surface area (Å²) in [6.07, 6.45) is 4.62. The lowest BCUT2D eigenvalue weighted by Crippen LogP contribution is -2.24. The first kappa shape index (κ1) is 14.7. The third-order valence-electron chi connectivity index (χ3n) is 2.35. The summed E-state index contributed by atoms with van der Waals surface area (Å²) in [4.78, 5) is 8.60. The van der Waals surface area contributed by atoms with Crippen LogP contribution in [0.1, 0.15) is 53.0 Å². The molecule has 0 bridgehead atoms. The molecule has 0 amide bonds. The number of nitrogens with one attached hydrogen (secondary N) is 1. The van der Waals surface area contributed by atoms with Crippen LogP contribution in [0.3, 0.4) is 0 Å². The van der Waals surface area contributed by atoms with Gasteiger partial charge in [-0.15, -0.1) is 0 Å². The van der Waals surface area contributed by atoms with Crippen LogP contribution in [0.25, 0.3) is 0 Å². The number of ether oxygens (including phenoxy) is 1. The summed E-state index contributed by atoms with van der Waals surface area (Å²) >= 11 is 0. The Morgan fingerprint density at radius 1 is 1.17 bits per heavy atom. The highest BCUT2D eigenvalue weighted by Crippen LogP contribution is 2.26. The fourth-order valence-corrected chi connectivity index (χ4v) is 1.65. The minimum atomic E-state index is -0.237. The van der Waals surface area contributed by atoms with Crippen molar-refractivity contribution in [3.05, 3.63) is 11.9 Å². The third-order valence-corrected chi connectivity index (χ3v) is 2.35. The summed E-state index contributed by atoms with van der Waals surface area (Å²) in [6, 6.07) is 0. The van der Waals surface area contributed by atoms with Crippen LogP contribution in [0.2, 0.25) is 0 Å². The molecule has 0 fully saturated rings. The molecule has 0 saturated heterocycles. The first-order valence-electron chi connectivity index (χ1n) is 6.74. The summed E-state index contributed by atoms with van der Waals surface area (Å²) in [6.45, 7) is 11.3. The molecule has 0 atom stereocenters. The molecular formula is C14H25N3O. The van der Waals surface area contributed by atoms with E-state index < -0.39 is 0 Å². The zero-order valence-corrected chi connectivity index (χ0v) is 12.2. The Kier molecular flexibility index (Phi) is 5.38. The van der Waals surface area contributed by atoms with E-state index in [9.17, 15) is 0 Å². The summed E-state index contributed by atoms with van der Waals surface area (Å²) < 4.78 is 5.91. The molecule has 0 unspecified atom stereocenters. The zero-order valence-electron chi connectivity index (χ0n) is 12.2. The van der Waals surface area contributed by atoms with Gasteiger partial charge in [0.1, 0.15) is 17.7 Å². The molecule has 1 aromatic heterocycles. The van der Waals surface area contributed by atoms with Crippen LogP contribution in [-0.2, 0) is 6.42 Å². The van der Waals surface area contributed by atoms with Crippen LogP contribution in [0.4, 0.5) is 5.82 Å². The zero-order chi connectivity index (χ0) is 13.6. The number of rotatable bonds is 6. The van der Waals surface area contributed by atoms with Crippen molar-refractivity contribution in [3.63, 3.8) is 0 Å². The van der Waals surface area contributed by atoms with Crippen molar-refractivity contribution in [2.24, 2.45) is 0 Å². The quantitative estimate of drug-likeness (QED) is 0.841. The maximum atomic E-state index is 5.91. The average Bonchev–Trinajstić information content (AvgIpc) is 2.28. The van der Waals surface area contributed by atoms with Crippen molar-refractivity contribution in [2.45, 2.75) is 59.5 Å². The van der Waals surface area contributed by atoms with Crippen LogP contribution >= 0.6 is 0 Å². The van der Waals surface area contributed by atoms with Gasteiger partial charge < -0.3 is 10.1 Å². The van der Waals surface area contributed by atoms with E-state index in [4.69, 9.17) is 4.74 Å². The standard InChI is InChI=1S/C14H25N3O/c1-6-8-11-12(15-9-7-2)16-10-17-13(11)18-14(3,4)5/h10H,6-9H2,1-5H3,(H,15,16,17). The topological polar surface area (TPSA) is 47.0 Å². The first-order valence-corrected chi connectivity index (χ1v) is 6.74. The molecule has 0 aliphatic rings. The van der Waals surface area contributed by atoms with Gasteiger partial charge in [0.05, 0.1) is 5.56 Å². The van der Waals surface area contributed by atoms with Crippen molar-refractivity contribution >= 4 is 5.82 Å². The predicted molar refractivity (Wildman–Crippen MR) is 75.2 cm³/mol. The summed E-state index contributed by atoms with van der Waals surface area (Å²) in [5.41, 5.74) is 0.849. The molecule has 102 valence electrons. The Morgan fingerprint density at radius 3 is 2.44 bits per heavy atom.